The molecule has 0 aliphatic heterocycles. The first kappa shape index (κ1) is 16.7. The lowest BCUT2D eigenvalue weighted by atomic mass is 10.2. The van der Waals surface area contributed by atoms with Crippen LogP contribution in [0.2, 0.25) is 0 Å². The van der Waals surface area contributed by atoms with E-state index in [1.165, 1.54) is 0 Å². The summed E-state index contributed by atoms with van der Waals surface area (Å²) in [5, 5.41) is 0. The molecule has 0 atom stereocenters. The van der Waals surface area contributed by atoms with Gasteiger partial charge >= 0.3 is 5.97 Å². The number of nitrogens with zero attached hydrogens (tertiary/aromatic N) is 1. The molecule has 2 rings (SSSR count). The molecule has 2 aromatic carbocycles. The van der Waals surface area contributed by atoms with Crippen molar-refractivity contribution in [3.63, 3.8) is 0 Å². The Hall–Kier alpha value is -2.62. The van der Waals surface area contributed by atoms with Crippen molar-refractivity contribution in [3.8, 4) is 5.75 Å². The zero-order chi connectivity index (χ0) is 16.5. The number of aliphatic imine (C=N–C) groups is 1. The standard InChI is InChI=1S/C19H21NO3/c1-3-13-23-19(21)16-7-9-17(10-8-16)20-14-15-5-11-18(12-6-15)22-4-2/h5-12,14H,3-4,13H2,1-2H3. The van der Waals surface area contributed by atoms with Gasteiger partial charge in [-0.25, -0.2) is 4.79 Å². The lowest BCUT2D eigenvalue weighted by Gasteiger charge is -2.03. The predicted octanol–water partition coefficient (Wildman–Crippen LogP) is 4.40. The number of hydrogen-bond acceptors (Lipinski definition) is 4. The number of ether oxygens (including phenoxy) is 2. The van der Waals surface area contributed by atoms with Crippen molar-refractivity contribution in [3.05, 3.63) is 59.7 Å². The number of carbonyl (C=O) groups is 1. The summed E-state index contributed by atoms with van der Waals surface area (Å²) in [6.45, 7) is 5.01. The van der Waals surface area contributed by atoms with E-state index in [0.717, 1.165) is 23.4 Å². The number of benzene rings is 2. The average molecular weight is 311 g/mol. The Kier molecular flexibility index (Phi) is 6.36. The van der Waals surface area contributed by atoms with E-state index >= 15 is 0 Å². The Balaban J connectivity index is 1.98. The summed E-state index contributed by atoms with van der Waals surface area (Å²) in [5.41, 5.74) is 2.31. The minimum Gasteiger partial charge on any atom is -0.494 e. The second-order valence-electron chi connectivity index (χ2n) is 4.94. The predicted molar refractivity (Wildman–Crippen MR) is 91.9 cm³/mol. The fraction of sp³-hybridized carbons (Fsp3) is 0.263. The molecule has 0 amide bonds. The molecule has 0 aliphatic rings. The van der Waals surface area contributed by atoms with Crippen LogP contribution in [-0.4, -0.2) is 25.4 Å². The van der Waals surface area contributed by atoms with E-state index in [4.69, 9.17) is 9.47 Å². The minimum atomic E-state index is -0.297. The van der Waals surface area contributed by atoms with Crippen molar-refractivity contribution < 1.29 is 14.3 Å². The molecular weight excluding hydrogens is 290 g/mol. The molecule has 0 spiro atoms. The van der Waals surface area contributed by atoms with Crippen LogP contribution in [0.4, 0.5) is 5.69 Å². The second kappa shape index (κ2) is 8.73. The molecule has 0 aliphatic carbocycles. The van der Waals surface area contributed by atoms with Gasteiger partial charge in [-0.2, -0.15) is 0 Å². The van der Waals surface area contributed by atoms with Crippen LogP contribution in [0, 0.1) is 0 Å². The molecule has 4 heteroatoms. The third-order valence-electron chi connectivity index (χ3n) is 3.09. The van der Waals surface area contributed by atoms with E-state index in [1.54, 1.807) is 30.5 Å². The van der Waals surface area contributed by atoms with Crippen molar-refractivity contribution in [2.75, 3.05) is 13.2 Å². The van der Waals surface area contributed by atoms with Crippen molar-refractivity contribution in [2.45, 2.75) is 20.3 Å². The number of rotatable bonds is 7. The highest BCUT2D eigenvalue weighted by atomic mass is 16.5. The average Bonchev–Trinajstić information content (AvgIpc) is 2.60. The van der Waals surface area contributed by atoms with E-state index in [9.17, 15) is 4.79 Å². The molecule has 23 heavy (non-hydrogen) atoms. The van der Waals surface area contributed by atoms with Gasteiger partial charge in [-0.3, -0.25) is 4.99 Å². The van der Waals surface area contributed by atoms with Crippen LogP contribution < -0.4 is 4.74 Å². The third kappa shape index (κ3) is 5.25. The molecule has 4 nitrogen and oxygen atoms in total. The van der Waals surface area contributed by atoms with Crippen LogP contribution in [0.5, 0.6) is 5.75 Å². The van der Waals surface area contributed by atoms with Crippen molar-refractivity contribution in [1.82, 2.24) is 0 Å². The van der Waals surface area contributed by atoms with Gasteiger partial charge in [0.2, 0.25) is 0 Å². The Morgan fingerprint density at radius 2 is 1.74 bits per heavy atom. The highest BCUT2D eigenvalue weighted by molar-refractivity contribution is 5.90. The lowest BCUT2D eigenvalue weighted by molar-refractivity contribution is 0.0505. The van der Waals surface area contributed by atoms with Crippen LogP contribution in [0.25, 0.3) is 0 Å². The molecule has 120 valence electrons. The van der Waals surface area contributed by atoms with Crippen molar-refractivity contribution in [2.24, 2.45) is 4.99 Å². The molecule has 0 saturated carbocycles. The maximum Gasteiger partial charge on any atom is 0.338 e. The maximum absolute atomic E-state index is 11.7. The lowest BCUT2D eigenvalue weighted by Crippen LogP contribution is -2.05. The SMILES string of the molecule is CCCOC(=O)c1ccc(N=Cc2ccc(OCC)cc2)cc1. The summed E-state index contributed by atoms with van der Waals surface area (Å²) in [4.78, 5) is 16.1. The molecular formula is C19H21NO3. The summed E-state index contributed by atoms with van der Waals surface area (Å²) in [6, 6.07) is 14.8. The van der Waals surface area contributed by atoms with Gasteiger partial charge in [-0.1, -0.05) is 6.92 Å². The monoisotopic (exact) mass is 311 g/mol. The van der Waals surface area contributed by atoms with Gasteiger partial charge in [0.15, 0.2) is 0 Å². The molecule has 0 bridgehead atoms. The normalized spacial score (nSPS) is 10.7. The minimum absolute atomic E-state index is 0.297. The third-order valence-corrected chi connectivity index (χ3v) is 3.09. The Morgan fingerprint density at radius 3 is 2.35 bits per heavy atom. The van der Waals surface area contributed by atoms with Crippen LogP contribution >= 0.6 is 0 Å². The first-order valence-electron chi connectivity index (χ1n) is 7.77. The summed E-state index contributed by atoms with van der Waals surface area (Å²) in [6.07, 6.45) is 2.59. The molecule has 0 unspecified atom stereocenters. The zero-order valence-corrected chi connectivity index (χ0v) is 13.5. The van der Waals surface area contributed by atoms with Gasteiger partial charge in [0.25, 0.3) is 0 Å². The largest absolute Gasteiger partial charge is 0.494 e. The summed E-state index contributed by atoms with van der Waals surface area (Å²) in [5.74, 6) is 0.550. The Bertz CT molecular complexity index is 645. The number of carbonyl (C=O) groups excluding carboxylic acids is 1. The van der Waals surface area contributed by atoms with Crippen LogP contribution in [0.15, 0.2) is 53.5 Å². The van der Waals surface area contributed by atoms with E-state index in [2.05, 4.69) is 4.99 Å². The molecule has 0 aromatic heterocycles. The topological polar surface area (TPSA) is 47.9 Å². The van der Waals surface area contributed by atoms with Crippen LogP contribution in [0.3, 0.4) is 0 Å². The van der Waals surface area contributed by atoms with E-state index in [1.807, 2.05) is 38.1 Å². The summed E-state index contributed by atoms with van der Waals surface area (Å²) in [7, 11) is 0. The summed E-state index contributed by atoms with van der Waals surface area (Å²) < 4.78 is 10.5. The highest BCUT2D eigenvalue weighted by Crippen LogP contribution is 2.15. The quantitative estimate of drug-likeness (QED) is 0.562. The van der Waals surface area contributed by atoms with E-state index < -0.39 is 0 Å². The number of hydrogen-bond donors (Lipinski definition) is 0. The molecule has 0 N–H and O–H groups in total. The fourth-order valence-corrected chi connectivity index (χ4v) is 1.93. The Morgan fingerprint density at radius 1 is 1.04 bits per heavy atom. The van der Waals surface area contributed by atoms with Crippen molar-refractivity contribution >= 4 is 17.9 Å². The molecule has 0 saturated heterocycles. The maximum atomic E-state index is 11.7. The van der Waals surface area contributed by atoms with E-state index in [-0.39, 0.29) is 5.97 Å². The molecule has 2 aromatic rings. The van der Waals surface area contributed by atoms with Gasteiger partial charge in [0.05, 0.1) is 24.5 Å². The highest BCUT2D eigenvalue weighted by Gasteiger charge is 2.05. The first-order chi connectivity index (χ1) is 11.2. The van der Waals surface area contributed by atoms with E-state index in [0.29, 0.717) is 18.8 Å². The molecule has 0 fully saturated rings. The zero-order valence-electron chi connectivity index (χ0n) is 13.5. The molecule has 0 heterocycles. The van der Waals surface area contributed by atoms with Gasteiger partial charge < -0.3 is 9.47 Å². The van der Waals surface area contributed by atoms with Crippen LogP contribution in [-0.2, 0) is 4.74 Å². The second-order valence-corrected chi connectivity index (χ2v) is 4.94. The van der Waals surface area contributed by atoms with Gasteiger partial charge in [-0.15, -0.1) is 0 Å². The number of esters is 1. The van der Waals surface area contributed by atoms with Crippen LogP contribution in [0.1, 0.15) is 36.2 Å². The summed E-state index contributed by atoms with van der Waals surface area (Å²) >= 11 is 0. The van der Waals surface area contributed by atoms with Gasteiger partial charge in [0.1, 0.15) is 5.75 Å². The van der Waals surface area contributed by atoms with Crippen molar-refractivity contribution in [1.29, 1.82) is 0 Å². The van der Waals surface area contributed by atoms with Gasteiger partial charge in [-0.05, 0) is 67.4 Å². The Labute approximate surface area is 136 Å². The smallest absolute Gasteiger partial charge is 0.338 e. The molecule has 0 radical (unpaired) electrons. The van der Waals surface area contributed by atoms with Gasteiger partial charge in [0, 0.05) is 6.21 Å². The first-order valence-corrected chi connectivity index (χ1v) is 7.77. The fourth-order valence-electron chi connectivity index (χ4n) is 1.93.